The average Bonchev–Trinajstić information content (AvgIpc) is 2.46. The molecule has 2 rings (SSSR count). The number of nitrogens with zero attached hydrogens (tertiary/aromatic N) is 2. The zero-order valence-corrected chi connectivity index (χ0v) is 13.2. The van der Waals surface area contributed by atoms with Crippen LogP contribution in [0.3, 0.4) is 0 Å². The molecule has 0 radical (unpaired) electrons. The second kappa shape index (κ2) is 8.12. The molecule has 0 aliphatic carbocycles. The number of benzene rings is 1. The van der Waals surface area contributed by atoms with Crippen LogP contribution in [-0.4, -0.2) is 54.5 Å². The van der Waals surface area contributed by atoms with Gasteiger partial charge in [0.15, 0.2) is 0 Å². The summed E-state index contributed by atoms with van der Waals surface area (Å²) in [5, 5.41) is 2.84. The van der Waals surface area contributed by atoms with Gasteiger partial charge >= 0.3 is 6.03 Å². The average molecular weight is 325 g/mol. The smallest absolute Gasteiger partial charge is 0.318 e. The third-order valence-electron chi connectivity index (χ3n) is 3.68. The van der Waals surface area contributed by atoms with E-state index in [1.165, 1.54) is 5.56 Å². The van der Waals surface area contributed by atoms with Gasteiger partial charge in [-0.25, -0.2) is 4.79 Å². The molecule has 0 unspecified atom stereocenters. The van der Waals surface area contributed by atoms with Gasteiger partial charge < -0.3 is 10.6 Å². The van der Waals surface area contributed by atoms with Crippen molar-refractivity contribution in [2.24, 2.45) is 5.73 Å². The van der Waals surface area contributed by atoms with Crippen molar-refractivity contribution >= 4 is 23.5 Å². The number of carbonyl (C=O) groups excluding carboxylic acids is 2. The van der Waals surface area contributed by atoms with Crippen LogP contribution < -0.4 is 11.1 Å². The first-order chi connectivity index (χ1) is 10.5. The number of imide groups is 1. The molecule has 6 nitrogen and oxygen atoms in total. The Hall–Kier alpha value is -1.63. The lowest BCUT2D eigenvalue weighted by molar-refractivity contribution is -0.120. The summed E-state index contributed by atoms with van der Waals surface area (Å²) in [7, 11) is 0. The fraction of sp³-hybridized carbons (Fsp3) is 0.467. The summed E-state index contributed by atoms with van der Waals surface area (Å²) in [6.45, 7) is 5.24. The van der Waals surface area contributed by atoms with E-state index in [-0.39, 0.29) is 12.3 Å². The Kier molecular flexibility index (Phi) is 6.18. The molecule has 3 amide bonds. The molecule has 7 heteroatoms. The Labute approximate surface area is 135 Å². The molecule has 1 saturated heterocycles. The highest BCUT2D eigenvalue weighted by atomic mass is 35.5. The van der Waals surface area contributed by atoms with Gasteiger partial charge in [-0.1, -0.05) is 23.7 Å². The summed E-state index contributed by atoms with van der Waals surface area (Å²) in [6.07, 6.45) is 0.289. The molecular weight excluding hydrogens is 304 g/mol. The second-order valence-corrected chi connectivity index (χ2v) is 5.85. The van der Waals surface area contributed by atoms with Crippen molar-refractivity contribution in [3.63, 3.8) is 0 Å². The van der Waals surface area contributed by atoms with Crippen molar-refractivity contribution < 1.29 is 9.59 Å². The van der Waals surface area contributed by atoms with Crippen molar-refractivity contribution in [3.05, 3.63) is 34.9 Å². The predicted octanol–water partition coefficient (Wildman–Crippen LogP) is 1.04. The molecule has 0 spiro atoms. The lowest BCUT2D eigenvalue weighted by Crippen LogP contribution is -2.47. The number of primary amides is 1. The molecule has 3 N–H and O–H groups in total. The lowest BCUT2D eigenvalue weighted by Gasteiger charge is -2.34. The summed E-state index contributed by atoms with van der Waals surface area (Å²) in [5.74, 6) is -0.325. The molecular formula is C15H21ClN4O2. The highest BCUT2D eigenvalue weighted by Crippen LogP contribution is 2.14. The lowest BCUT2D eigenvalue weighted by atomic mass is 10.2. The highest BCUT2D eigenvalue weighted by Gasteiger charge is 2.17. The largest absolute Gasteiger partial charge is 0.351 e. The molecule has 1 aliphatic rings. The molecule has 1 heterocycles. The van der Waals surface area contributed by atoms with Crippen LogP contribution in [0.2, 0.25) is 5.02 Å². The van der Waals surface area contributed by atoms with Crippen molar-refractivity contribution in [2.45, 2.75) is 13.0 Å². The number of nitrogens with one attached hydrogen (secondary N) is 1. The number of halogens is 1. The summed E-state index contributed by atoms with van der Waals surface area (Å²) in [6, 6.07) is 7.11. The van der Waals surface area contributed by atoms with E-state index in [1.54, 1.807) is 0 Å². The quantitative estimate of drug-likeness (QED) is 0.848. The molecule has 120 valence electrons. The molecule has 22 heavy (non-hydrogen) atoms. The Morgan fingerprint density at radius 2 is 1.86 bits per heavy atom. The van der Waals surface area contributed by atoms with E-state index < -0.39 is 6.03 Å². The summed E-state index contributed by atoms with van der Waals surface area (Å²) in [4.78, 5) is 26.5. The van der Waals surface area contributed by atoms with Crippen molar-refractivity contribution in [3.8, 4) is 0 Å². The van der Waals surface area contributed by atoms with Gasteiger partial charge in [-0.05, 0) is 17.7 Å². The number of amides is 3. The zero-order valence-electron chi connectivity index (χ0n) is 12.4. The van der Waals surface area contributed by atoms with Crippen molar-refractivity contribution in [2.75, 3.05) is 32.7 Å². The predicted molar refractivity (Wildman–Crippen MR) is 85.5 cm³/mol. The first-order valence-corrected chi connectivity index (χ1v) is 7.69. The number of piperazine rings is 1. The van der Waals surface area contributed by atoms with E-state index in [2.05, 4.69) is 21.2 Å². The maximum absolute atomic E-state index is 11.4. The van der Waals surface area contributed by atoms with E-state index in [1.807, 2.05) is 18.2 Å². The fourth-order valence-electron chi connectivity index (χ4n) is 2.52. The van der Waals surface area contributed by atoms with E-state index in [0.29, 0.717) is 6.54 Å². The van der Waals surface area contributed by atoms with Gasteiger partial charge in [0.1, 0.15) is 0 Å². The number of nitrogens with two attached hydrogens (primary N) is 1. The highest BCUT2D eigenvalue weighted by molar-refractivity contribution is 6.30. The van der Waals surface area contributed by atoms with Crippen molar-refractivity contribution in [1.82, 2.24) is 15.1 Å². The van der Waals surface area contributed by atoms with Gasteiger partial charge in [0.05, 0.1) is 0 Å². The van der Waals surface area contributed by atoms with Gasteiger partial charge in [-0.2, -0.15) is 0 Å². The number of hydrogen-bond acceptors (Lipinski definition) is 4. The van der Waals surface area contributed by atoms with Gasteiger partial charge in [0.2, 0.25) is 5.91 Å². The van der Waals surface area contributed by atoms with E-state index in [4.69, 9.17) is 17.3 Å². The number of urea groups is 1. The topological polar surface area (TPSA) is 78.7 Å². The Morgan fingerprint density at radius 1 is 1.18 bits per heavy atom. The SMILES string of the molecule is NC(=O)NC(=O)CCN1CCN(Cc2cccc(Cl)c2)CC1. The zero-order chi connectivity index (χ0) is 15.9. The molecule has 0 atom stereocenters. The van der Waals surface area contributed by atoms with Gasteiger partial charge in [0.25, 0.3) is 0 Å². The fourth-order valence-corrected chi connectivity index (χ4v) is 2.74. The minimum Gasteiger partial charge on any atom is -0.351 e. The number of hydrogen-bond donors (Lipinski definition) is 2. The van der Waals surface area contributed by atoms with Crippen LogP contribution in [0.15, 0.2) is 24.3 Å². The Bertz CT molecular complexity index is 530. The minimum absolute atomic E-state index is 0.289. The first-order valence-electron chi connectivity index (χ1n) is 7.31. The molecule has 0 saturated carbocycles. The maximum atomic E-state index is 11.4. The molecule has 1 aromatic rings. The van der Waals surface area contributed by atoms with E-state index in [9.17, 15) is 9.59 Å². The van der Waals surface area contributed by atoms with Gasteiger partial charge in [-0.15, -0.1) is 0 Å². The summed E-state index contributed by atoms with van der Waals surface area (Å²) >= 11 is 6.00. The van der Waals surface area contributed by atoms with Crippen LogP contribution >= 0.6 is 11.6 Å². The van der Waals surface area contributed by atoms with Gasteiger partial charge in [-0.3, -0.25) is 15.0 Å². The Morgan fingerprint density at radius 3 is 2.50 bits per heavy atom. The minimum atomic E-state index is -0.795. The molecule has 0 bridgehead atoms. The third kappa shape index (κ3) is 5.63. The third-order valence-corrected chi connectivity index (χ3v) is 3.91. The van der Waals surface area contributed by atoms with Gasteiger partial charge in [0, 0.05) is 50.7 Å². The normalized spacial score (nSPS) is 16.4. The van der Waals surface area contributed by atoms with Crippen LogP contribution in [0.1, 0.15) is 12.0 Å². The van der Waals surface area contributed by atoms with Crippen LogP contribution in [0.25, 0.3) is 0 Å². The van der Waals surface area contributed by atoms with Crippen LogP contribution in [0, 0.1) is 0 Å². The Balaban J connectivity index is 1.69. The first kappa shape index (κ1) is 16.7. The number of rotatable bonds is 5. The van der Waals surface area contributed by atoms with Crippen molar-refractivity contribution in [1.29, 1.82) is 0 Å². The number of carbonyl (C=O) groups is 2. The van der Waals surface area contributed by atoms with Crippen LogP contribution in [-0.2, 0) is 11.3 Å². The standard InChI is InChI=1S/C15H21ClN4O2/c16-13-3-1-2-12(10-13)11-20-8-6-19(7-9-20)5-4-14(21)18-15(17)22/h1-3,10H,4-9,11H2,(H3,17,18,21,22). The van der Waals surface area contributed by atoms with Crippen LogP contribution in [0.4, 0.5) is 4.79 Å². The summed E-state index contributed by atoms with van der Waals surface area (Å²) < 4.78 is 0. The summed E-state index contributed by atoms with van der Waals surface area (Å²) in [5.41, 5.74) is 6.11. The second-order valence-electron chi connectivity index (χ2n) is 5.41. The molecule has 1 aliphatic heterocycles. The molecule has 0 aromatic heterocycles. The maximum Gasteiger partial charge on any atom is 0.318 e. The monoisotopic (exact) mass is 324 g/mol. The van der Waals surface area contributed by atoms with E-state index in [0.717, 1.165) is 37.7 Å². The van der Waals surface area contributed by atoms with Crippen LogP contribution in [0.5, 0.6) is 0 Å². The molecule has 1 fully saturated rings. The van der Waals surface area contributed by atoms with E-state index >= 15 is 0 Å². The molecule has 1 aromatic carbocycles.